The number of hydrogen-bond donors (Lipinski definition) is 1. The lowest BCUT2D eigenvalue weighted by Crippen LogP contribution is -2.42. The standard InChI is InChI=1S/C23H26N2O.2ClH/c1-2-4-22-17-23(10-9-21(22)3-1)26-16-11-19-5-7-20(8-6-19)18-25-14-12-24-13-15-25;;/h1-10,17,24H,11-16,18H2;2*1H. The maximum atomic E-state index is 5.95. The van der Waals surface area contributed by atoms with Gasteiger partial charge in [-0.25, -0.2) is 0 Å². The van der Waals surface area contributed by atoms with Gasteiger partial charge in [0.25, 0.3) is 0 Å². The van der Waals surface area contributed by atoms with Crippen molar-refractivity contribution in [3.05, 3.63) is 77.9 Å². The van der Waals surface area contributed by atoms with Crippen molar-refractivity contribution in [2.75, 3.05) is 32.8 Å². The largest absolute Gasteiger partial charge is 0.493 e. The van der Waals surface area contributed by atoms with Gasteiger partial charge in [0.15, 0.2) is 0 Å². The van der Waals surface area contributed by atoms with Crippen molar-refractivity contribution in [3.8, 4) is 5.75 Å². The van der Waals surface area contributed by atoms with Crippen LogP contribution in [0.15, 0.2) is 66.7 Å². The van der Waals surface area contributed by atoms with Crippen LogP contribution in [0, 0.1) is 0 Å². The van der Waals surface area contributed by atoms with Crippen molar-refractivity contribution in [2.45, 2.75) is 13.0 Å². The third-order valence-corrected chi connectivity index (χ3v) is 5.02. The molecule has 1 heterocycles. The predicted molar refractivity (Wildman–Crippen MR) is 122 cm³/mol. The molecule has 1 saturated heterocycles. The molecule has 0 saturated carbocycles. The van der Waals surface area contributed by atoms with Crippen LogP contribution < -0.4 is 10.1 Å². The molecule has 1 fully saturated rings. The second-order valence-electron chi connectivity index (χ2n) is 6.95. The monoisotopic (exact) mass is 418 g/mol. The Labute approximate surface area is 179 Å². The van der Waals surface area contributed by atoms with Crippen molar-refractivity contribution >= 4 is 35.6 Å². The number of fused-ring (bicyclic) bond motifs is 1. The van der Waals surface area contributed by atoms with Crippen molar-refractivity contribution in [1.29, 1.82) is 0 Å². The first-order valence-electron chi connectivity index (χ1n) is 9.49. The molecule has 150 valence electrons. The second-order valence-corrected chi connectivity index (χ2v) is 6.95. The molecule has 0 aliphatic carbocycles. The third-order valence-electron chi connectivity index (χ3n) is 5.02. The molecule has 1 aliphatic heterocycles. The zero-order valence-corrected chi connectivity index (χ0v) is 17.6. The van der Waals surface area contributed by atoms with Crippen LogP contribution in [0.2, 0.25) is 0 Å². The minimum atomic E-state index is 0. The molecule has 5 heteroatoms. The van der Waals surface area contributed by atoms with Gasteiger partial charge in [-0.2, -0.15) is 0 Å². The number of nitrogens with one attached hydrogen (secondary N) is 1. The highest BCUT2D eigenvalue weighted by atomic mass is 35.5. The Balaban J connectivity index is 0.00000140. The van der Waals surface area contributed by atoms with Gasteiger partial charge >= 0.3 is 0 Å². The summed E-state index contributed by atoms with van der Waals surface area (Å²) >= 11 is 0. The van der Waals surface area contributed by atoms with Crippen molar-refractivity contribution in [3.63, 3.8) is 0 Å². The van der Waals surface area contributed by atoms with Crippen LogP contribution in [0.5, 0.6) is 5.75 Å². The van der Waals surface area contributed by atoms with Gasteiger partial charge in [-0.15, -0.1) is 24.8 Å². The van der Waals surface area contributed by atoms with Crippen LogP contribution in [0.25, 0.3) is 10.8 Å². The minimum absolute atomic E-state index is 0. The molecule has 0 amide bonds. The highest BCUT2D eigenvalue weighted by Gasteiger charge is 2.09. The van der Waals surface area contributed by atoms with Crippen LogP contribution in [0.4, 0.5) is 0 Å². The summed E-state index contributed by atoms with van der Waals surface area (Å²) in [4.78, 5) is 2.51. The van der Waals surface area contributed by atoms with Crippen LogP contribution >= 0.6 is 24.8 Å². The van der Waals surface area contributed by atoms with E-state index in [0.717, 1.165) is 44.9 Å². The Morgan fingerprint density at radius 2 is 1.46 bits per heavy atom. The summed E-state index contributed by atoms with van der Waals surface area (Å²) in [6.07, 6.45) is 0.931. The van der Waals surface area contributed by atoms with E-state index in [2.05, 4.69) is 76.9 Å². The first kappa shape index (κ1) is 22.5. The zero-order valence-electron chi connectivity index (χ0n) is 16.0. The molecule has 3 nitrogen and oxygen atoms in total. The predicted octanol–water partition coefficient (Wildman–Crippen LogP) is 4.71. The fraction of sp³-hybridized carbons (Fsp3) is 0.304. The molecule has 0 unspecified atom stereocenters. The quantitative estimate of drug-likeness (QED) is 0.626. The summed E-state index contributed by atoms with van der Waals surface area (Å²) in [5, 5.41) is 5.87. The Bertz CT molecular complexity index is 849. The molecular formula is C23H28Cl2N2O. The summed E-state index contributed by atoms with van der Waals surface area (Å²) in [5.41, 5.74) is 2.72. The molecule has 0 radical (unpaired) electrons. The van der Waals surface area contributed by atoms with E-state index in [9.17, 15) is 0 Å². The first-order valence-corrected chi connectivity index (χ1v) is 9.49. The van der Waals surface area contributed by atoms with Crippen LogP contribution in [-0.2, 0) is 13.0 Å². The Morgan fingerprint density at radius 1 is 0.786 bits per heavy atom. The van der Waals surface area contributed by atoms with Gasteiger partial charge in [-0.1, -0.05) is 54.6 Å². The van der Waals surface area contributed by atoms with E-state index in [4.69, 9.17) is 4.74 Å². The molecule has 1 N–H and O–H groups in total. The third kappa shape index (κ3) is 6.11. The van der Waals surface area contributed by atoms with Gasteiger partial charge in [0.05, 0.1) is 6.61 Å². The molecule has 0 spiro atoms. The molecule has 28 heavy (non-hydrogen) atoms. The Kier molecular flexibility index (Phi) is 9.07. The topological polar surface area (TPSA) is 24.5 Å². The average Bonchev–Trinajstić information content (AvgIpc) is 2.70. The Morgan fingerprint density at radius 3 is 2.21 bits per heavy atom. The van der Waals surface area contributed by atoms with Gasteiger partial charge < -0.3 is 10.1 Å². The number of hydrogen-bond acceptors (Lipinski definition) is 3. The summed E-state index contributed by atoms with van der Waals surface area (Å²) in [6, 6.07) is 23.7. The van der Waals surface area contributed by atoms with Crippen LogP contribution in [0.1, 0.15) is 11.1 Å². The number of benzene rings is 3. The normalized spacial score (nSPS) is 14.1. The number of ether oxygens (including phenoxy) is 1. The summed E-state index contributed by atoms with van der Waals surface area (Å²) < 4.78 is 5.95. The molecule has 4 rings (SSSR count). The number of halogens is 2. The van der Waals surface area contributed by atoms with E-state index < -0.39 is 0 Å². The van der Waals surface area contributed by atoms with Crippen molar-refractivity contribution in [1.82, 2.24) is 10.2 Å². The highest BCUT2D eigenvalue weighted by Crippen LogP contribution is 2.20. The van der Waals surface area contributed by atoms with Gasteiger partial charge in [-0.3, -0.25) is 4.90 Å². The summed E-state index contributed by atoms with van der Waals surface area (Å²) in [6.45, 7) is 6.24. The van der Waals surface area contributed by atoms with Gasteiger partial charge in [0.2, 0.25) is 0 Å². The molecule has 0 atom stereocenters. The first-order chi connectivity index (χ1) is 12.9. The van der Waals surface area contributed by atoms with Crippen molar-refractivity contribution in [2.24, 2.45) is 0 Å². The highest BCUT2D eigenvalue weighted by molar-refractivity contribution is 5.85. The van der Waals surface area contributed by atoms with E-state index in [-0.39, 0.29) is 24.8 Å². The lowest BCUT2D eigenvalue weighted by molar-refractivity contribution is 0.233. The van der Waals surface area contributed by atoms with Crippen molar-refractivity contribution < 1.29 is 4.74 Å². The lowest BCUT2D eigenvalue weighted by atomic mass is 10.1. The average molecular weight is 419 g/mol. The molecular weight excluding hydrogens is 391 g/mol. The smallest absolute Gasteiger partial charge is 0.119 e. The maximum Gasteiger partial charge on any atom is 0.119 e. The minimum Gasteiger partial charge on any atom is -0.493 e. The van der Waals surface area contributed by atoms with Gasteiger partial charge in [0.1, 0.15) is 5.75 Å². The SMILES string of the molecule is Cl.Cl.c1ccc2cc(OCCc3ccc(CN4CCNCC4)cc3)ccc2c1. The molecule has 0 aromatic heterocycles. The van der Waals surface area contributed by atoms with E-state index in [1.165, 1.54) is 21.9 Å². The van der Waals surface area contributed by atoms with E-state index in [1.54, 1.807) is 0 Å². The summed E-state index contributed by atoms with van der Waals surface area (Å²) in [7, 11) is 0. The summed E-state index contributed by atoms with van der Waals surface area (Å²) in [5.74, 6) is 0.944. The second kappa shape index (κ2) is 11.3. The fourth-order valence-electron chi connectivity index (χ4n) is 3.48. The number of rotatable bonds is 6. The molecule has 0 bridgehead atoms. The fourth-order valence-corrected chi connectivity index (χ4v) is 3.48. The number of piperazine rings is 1. The van der Waals surface area contributed by atoms with Crippen LogP contribution in [-0.4, -0.2) is 37.7 Å². The molecule has 3 aromatic rings. The van der Waals surface area contributed by atoms with E-state index >= 15 is 0 Å². The Hall–Kier alpha value is -1.78. The number of nitrogens with zero attached hydrogens (tertiary/aromatic N) is 1. The van der Waals surface area contributed by atoms with E-state index in [1.807, 2.05) is 0 Å². The molecule has 1 aliphatic rings. The van der Waals surface area contributed by atoms with E-state index in [0.29, 0.717) is 6.61 Å². The van der Waals surface area contributed by atoms with Gasteiger partial charge in [-0.05, 0) is 34.0 Å². The lowest BCUT2D eigenvalue weighted by Gasteiger charge is -2.27. The molecule has 3 aromatic carbocycles. The zero-order chi connectivity index (χ0) is 17.6. The van der Waals surface area contributed by atoms with Gasteiger partial charge in [0, 0.05) is 39.1 Å². The van der Waals surface area contributed by atoms with Crippen LogP contribution in [0.3, 0.4) is 0 Å². The maximum absolute atomic E-state index is 5.95.